The van der Waals surface area contributed by atoms with Crippen molar-refractivity contribution < 1.29 is 9.21 Å². The molecule has 0 fully saturated rings. The van der Waals surface area contributed by atoms with E-state index in [1.807, 2.05) is 37.3 Å². The van der Waals surface area contributed by atoms with E-state index in [0.717, 1.165) is 24.2 Å². The highest BCUT2D eigenvalue weighted by Gasteiger charge is 2.10. The van der Waals surface area contributed by atoms with Crippen LogP contribution in [0.2, 0.25) is 0 Å². The molecule has 1 N–H and O–H groups in total. The van der Waals surface area contributed by atoms with Crippen LogP contribution in [-0.4, -0.2) is 16.9 Å². The van der Waals surface area contributed by atoms with Crippen LogP contribution >= 0.6 is 0 Å². The van der Waals surface area contributed by atoms with E-state index < -0.39 is 0 Å². The minimum absolute atomic E-state index is 0.0513. The van der Waals surface area contributed by atoms with Gasteiger partial charge in [-0.1, -0.05) is 43.7 Å². The molecule has 1 unspecified atom stereocenters. The number of hydrogen-bond donors (Lipinski definition) is 1. The molecule has 1 atom stereocenters. The van der Waals surface area contributed by atoms with Gasteiger partial charge in [0.1, 0.15) is 0 Å². The van der Waals surface area contributed by atoms with E-state index in [4.69, 9.17) is 4.42 Å². The van der Waals surface area contributed by atoms with Gasteiger partial charge in [-0.25, -0.2) is 4.98 Å². The Bertz CT molecular complexity index is 563. The molecule has 0 radical (unpaired) electrons. The van der Waals surface area contributed by atoms with Crippen LogP contribution in [0.5, 0.6) is 0 Å². The maximum atomic E-state index is 11.8. The summed E-state index contributed by atoms with van der Waals surface area (Å²) in [6, 6.07) is 10.1. The summed E-state index contributed by atoms with van der Waals surface area (Å²) >= 11 is 0. The monoisotopic (exact) mass is 286 g/mol. The van der Waals surface area contributed by atoms with E-state index in [1.165, 1.54) is 0 Å². The third-order valence-electron chi connectivity index (χ3n) is 3.31. The first-order valence-electron chi connectivity index (χ1n) is 7.48. The summed E-state index contributed by atoms with van der Waals surface area (Å²) in [6.07, 6.45) is 4.72. The molecular weight excluding hydrogens is 264 g/mol. The number of oxazole rings is 1. The Hall–Kier alpha value is -2.10. The average Bonchev–Trinajstić information content (AvgIpc) is 2.95. The van der Waals surface area contributed by atoms with Crippen LogP contribution in [0.1, 0.15) is 39.0 Å². The predicted octanol–water partition coefficient (Wildman–Crippen LogP) is 3.58. The third-order valence-corrected chi connectivity index (χ3v) is 3.31. The molecule has 4 nitrogen and oxygen atoms in total. The number of nitrogens with one attached hydrogen (secondary N) is 1. The molecule has 0 aliphatic carbocycles. The van der Waals surface area contributed by atoms with Crippen molar-refractivity contribution >= 4 is 5.91 Å². The number of hydrogen-bond acceptors (Lipinski definition) is 3. The number of aryl methyl sites for hydroxylation is 1. The SMILES string of the molecule is CCCC(C)NC(=O)CCc1ncc(-c2ccccc2)o1. The van der Waals surface area contributed by atoms with Gasteiger partial charge < -0.3 is 9.73 Å². The van der Waals surface area contributed by atoms with E-state index in [1.54, 1.807) is 6.20 Å². The number of carbonyl (C=O) groups is 1. The number of amides is 1. The molecule has 21 heavy (non-hydrogen) atoms. The second-order valence-electron chi connectivity index (χ2n) is 5.24. The molecule has 1 amide bonds. The Morgan fingerprint density at radius 3 is 2.81 bits per heavy atom. The third kappa shape index (κ3) is 4.74. The Morgan fingerprint density at radius 2 is 2.10 bits per heavy atom. The van der Waals surface area contributed by atoms with E-state index in [-0.39, 0.29) is 11.9 Å². The molecule has 112 valence electrons. The van der Waals surface area contributed by atoms with Gasteiger partial charge in [-0.15, -0.1) is 0 Å². The van der Waals surface area contributed by atoms with Gasteiger partial charge in [-0.2, -0.15) is 0 Å². The second kappa shape index (κ2) is 7.62. The van der Waals surface area contributed by atoms with Crippen molar-refractivity contribution in [3.05, 3.63) is 42.4 Å². The fourth-order valence-corrected chi connectivity index (χ4v) is 2.23. The number of aromatic nitrogens is 1. The molecule has 0 saturated heterocycles. The normalized spacial score (nSPS) is 12.1. The molecule has 2 aromatic rings. The molecular formula is C17H22N2O2. The van der Waals surface area contributed by atoms with Crippen molar-refractivity contribution in [2.45, 2.75) is 45.6 Å². The van der Waals surface area contributed by atoms with Crippen molar-refractivity contribution in [2.75, 3.05) is 0 Å². The quantitative estimate of drug-likeness (QED) is 0.846. The Labute approximate surface area is 125 Å². The number of nitrogens with zero attached hydrogens (tertiary/aromatic N) is 1. The van der Waals surface area contributed by atoms with Crippen LogP contribution < -0.4 is 5.32 Å². The van der Waals surface area contributed by atoms with Crippen molar-refractivity contribution in [2.24, 2.45) is 0 Å². The zero-order valence-corrected chi connectivity index (χ0v) is 12.6. The zero-order valence-electron chi connectivity index (χ0n) is 12.6. The maximum absolute atomic E-state index is 11.8. The van der Waals surface area contributed by atoms with Crippen molar-refractivity contribution in [1.82, 2.24) is 10.3 Å². The molecule has 4 heteroatoms. The molecule has 1 heterocycles. The van der Waals surface area contributed by atoms with Gasteiger partial charge in [0, 0.05) is 24.4 Å². The minimum Gasteiger partial charge on any atom is -0.441 e. The van der Waals surface area contributed by atoms with Gasteiger partial charge >= 0.3 is 0 Å². The van der Waals surface area contributed by atoms with Crippen LogP contribution in [0, 0.1) is 0 Å². The molecule has 0 aliphatic heterocycles. The van der Waals surface area contributed by atoms with Crippen molar-refractivity contribution in [3.8, 4) is 11.3 Å². The average molecular weight is 286 g/mol. The first kappa shape index (κ1) is 15.3. The number of carbonyl (C=O) groups excluding carboxylic acids is 1. The van der Waals surface area contributed by atoms with Gasteiger partial charge in [0.15, 0.2) is 11.7 Å². The lowest BCUT2D eigenvalue weighted by atomic mass is 10.2. The highest BCUT2D eigenvalue weighted by atomic mass is 16.4. The summed E-state index contributed by atoms with van der Waals surface area (Å²) in [6.45, 7) is 4.14. The second-order valence-corrected chi connectivity index (χ2v) is 5.24. The first-order valence-corrected chi connectivity index (χ1v) is 7.48. The highest BCUT2D eigenvalue weighted by Crippen LogP contribution is 2.20. The maximum Gasteiger partial charge on any atom is 0.220 e. The lowest BCUT2D eigenvalue weighted by Gasteiger charge is -2.11. The van der Waals surface area contributed by atoms with Gasteiger partial charge in [0.25, 0.3) is 0 Å². The summed E-state index contributed by atoms with van der Waals surface area (Å²) in [5.74, 6) is 1.40. The van der Waals surface area contributed by atoms with E-state index in [9.17, 15) is 4.79 Å². The van der Waals surface area contributed by atoms with Crippen LogP contribution in [0.25, 0.3) is 11.3 Å². The summed E-state index contributed by atoms with van der Waals surface area (Å²) in [4.78, 5) is 16.0. The molecule has 0 aliphatic rings. The first-order chi connectivity index (χ1) is 10.2. The van der Waals surface area contributed by atoms with Gasteiger partial charge in [-0.3, -0.25) is 4.79 Å². The fraction of sp³-hybridized carbons (Fsp3) is 0.412. The zero-order chi connectivity index (χ0) is 15.1. The summed E-state index contributed by atoms with van der Waals surface area (Å²) in [7, 11) is 0. The lowest BCUT2D eigenvalue weighted by molar-refractivity contribution is -0.121. The summed E-state index contributed by atoms with van der Waals surface area (Å²) < 4.78 is 5.68. The predicted molar refractivity (Wildman–Crippen MR) is 82.8 cm³/mol. The van der Waals surface area contributed by atoms with Gasteiger partial charge in [-0.05, 0) is 13.3 Å². The van der Waals surface area contributed by atoms with E-state index in [0.29, 0.717) is 18.7 Å². The lowest BCUT2D eigenvalue weighted by Crippen LogP contribution is -2.32. The summed E-state index contributed by atoms with van der Waals surface area (Å²) in [5, 5.41) is 2.98. The van der Waals surface area contributed by atoms with Crippen molar-refractivity contribution in [3.63, 3.8) is 0 Å². The smallest absolute Gasteiger partial charge is 0.220 e. The Kier molecular flexibility index (Phi) is 5.55. The fourth-order valence-electron chi connectivity index (χ4n) is 2.23. The van der Waals surface area contributed by atoms with E-state index in [2.05, 4.69) is 17.2 Å². The molecule has 0 spiro atoms. The topological polar surface area (TPSA) is 55.1 Å². The standard InChI is InChI=1S/C17H22N2O2/c1-3-7-13(2)19-16(20)10-11-17-18-12-15(21-17)14-8-5-4-6-9-14/h4-6,8-9,12-13H,3,7,10-11H2,1-2H3,(H,19,20). The molecule has 1 aromatic carbocycles. The van der Waals surface area contributed by atoms with Gasteiger partial charge in [0.2, 0.25) is 5.91 Å². The minimum atomic E-state index is 0.0513. The van der Waals surface area contributed by atoms with Crippen molar-refractivity contribution in [1.29, 1.82) is 0 Å². The van der Waals surface area contributed by atoms with Crippen LogP contribution in [0.4, 0.5) is 0 Å². The molecule has 1 aromatic heterocycles. The van der Waals surface area contributed by atoms with Crippen LogP contribution in [-0.2, 0) is 11.2 Å². The number of benzene rings is 1. The molecule has 0 saturated carbocycles. The molecule has 2 rings (SSSR count). The number of rotatable bonds is 7. The van der Waals surface area contributed by atoms with Crippen LogP contribution in [0.3, 0.4) is 0 Å². The Morgan fingerprint density at radius 1 is 1.33 bits per heavy atom. The van der Waals surface area contributed by atoms with E-state index >= 15 is 0 Å². The van der Waals surface area contributed by atoms with Gasteiger partial charge in [0.05, 0.1) is 6.20 Å². The Balaban J connectivity index is 1.84. The van der Waals surface area contributed by atoms with Crippen LogP contribution in [0.15, 0.2) is 40.9 Å². The summed E-state index contributed by atoms with van der Waals surface area (Å²) in [5.41, 5.74) is 0.997. The highest BCUT2D eigenvalue weighted by molar-refractivity contribution is 5.76. The largest absolute Gasteiger partial charge is 0.441 e. The molecule has 0 bridgehead atoms.